The van der Waals surface area contributed by atoms with Crippen molar-refractivity contribution in [2.75, 3.05) is 19.6 Å². The van der Waals surface area contributed by atoms with E-state index < -0.39 is 0 Å². The molecule has 4 nitrogen and oxygen atoms in total. The fourth-order valence-electron chi connectivity index (χ4n) is 4.65. The van der Waals surface area contributed by atoms with Crippen LogP contribution in [0.3, 0.4) is 0 Å². The lowest BCUT2D eigenvalue weighted by Crippen LogP contribution is -2.52. The molecule has 3 heterocycles. The van der Waals surface area contributed by atoms with E-state index in [1.165, 1.54) is 38.0 Å². The van der Waals surface area contributed by atoms with Crippen LogP contribution >= 0.6 is 0 Å². The number of nitrogens with one attached hydrogen (secondary N) is 1. The van der Waals surface area contributed by atoms with Crippen LogP contribution in [-0.2, 0) is 6.54 Å². The van der Waals surface area contributed by atoms with E-state index in [2.05, 4.69) is 51.6 Å². The predicted octanol–water partition coefficient (Wildman–Crippen LogP) is 3.94. The van der Waals surface area contributed by atoms with Gasteiger partial charge in [-0.25, -0.2) is 0 Å². The lowest BCUT2D eigenvalue weighted by atomic mass is 9.80. The molecule has 1 atom stereocenters. The van der Waals surface area contributed by atoms with Gasteiger partial charge >= 0.3 is 0 Å². The van der Waals surface area contributed by atoms with Crippen molar-refractivity contribution in [1.82, 2.24) is 15.2 Å². The van der Waals surface area contributed by atoms with Crippen molar-refractivity contribution < 1.29 is 4.74 Å². The Kier molecular flexibility index (Phi) is 4.62. The normalized spacial score (nSPS) is 24.4. The van der Waals surface area contributed by atoms with Crippen molar-refractivity contribution in [1.29, 1.82) is 0 Å². The molecule has 1 aromatic carbocycles. The minimum absolute atomic E-state index is 0.0177. The van der Waals surface area contributed by atoms with Crippen molar-refractivity contribution in [3.05, 3.63) is 59.9 Å². The highest BCUT2D eigenvalue weighted by Gasteiger charge is 2.43. The minimum atomic E-state index is -0.0177. The van der Waals surface area contributed by atoms with Crippen molar-refractivity contribution in [3.8, 4) is 5.75 Å². The zero-order chi connectivity index (χ0) is 18.1. The van der Waals surface area contributed by atoms with Crippen LogP contribution in [0.2, 0.25) is 0 Å². The first kappa shape index (κ1) is 17.2. The van der Waals surface area contributed by atoms with Crippen LogP contribution < -0.4 is 10.1 Å². The Morgan fingerprint density at radius 3 is 2.67 bits per heavy atom. The van der Waals surface area contributed by atoms with Crippen molar-refractivity contribution in [3.63, 3.8) is 0 Å². The van der Waals surface area contributed by atoms with E-state index in [0.29, 0.717) is 6.04 Å². The summed E-state index contributed by atoms with van der Waals surface area (Å²) in [7, 11) is 0. The van der Waals surface area contributed by atoms with Gasteiger partial charge in [0.1, 0.15) is 11.4 Å². The van der Waals surface area contributed by atoms with Gasteiger partial charge in [-0.2, -0.15) is 0 Å². The molecule has 0 radical (unpaired) electrons. The van der Waals surface area contributed by atoms with Crippen LogP contribution in [0, 0.1) is 5.92 Å². The number of hydrogen-bond acceptors (Lipinski definition) is 4. The van der Waals surface area contributed by atoms with Crippen LogP contribution in [0.15, 0.2) is 48.7 Å². The van der Waals surface area contributed by atoms with Crippen molar-refractivity contribution >= 4 is 0 Å². The average Bonchev–Trinajstić information content (AvgIpc) is 3.53. The number of benzene rings is 1. The SMILES string of the molecule is c1ccc(CN[C@H]2CC3(CCN(CC4CC4)CC3)Oc3ccccc32)nc1. The number of piperidine rings is 1. The highest BCUT2D eigenvalue weighted by atomic mass is 16.5. The summed E-state index contributed by atoms with van der Waals surface area (Å²) in [6.45, 7) is 4.44. The summed E-state index contributed by atoms with van der Waals surface area (Å²) in [5, 5.41) is 3.76. The van der Waals surface area contributed by atoms with Gasteiger partial charge in [0.05, 0.1) is 5.69 Å². The van der Waals surface area contributed by atoms with Gasteiger partial charge in [0.25, 0.3) is 0 Å². The van der Waals surface area contributed by atoms with Gasteiger partial charge in [-0.15, -0.1) is 0 Å². The van der Waals surface area contributed by atoms with E-state index in [1.54, 1.807) is 0 Å². The van der Waals surface area contributed by atoms with E-state index in [1.807, 2.05) is 12.3 Å². The van der Waals surface area contributed by atoms with Gasteiger partial charge in [0.15, 0.2) is 0 Å². The standard InChI is InChI=1S/C23H29N3O/c1-2-7-22-20(6-1)21(25-16-19-5-3-4-12-24-19)15-23(27-22)10-13-26(14-11-23)17-18-8-9-18/h1-7,12,18,21,25H,8-11,13-17H2/t21-/m0/s1. The summed E-state index contributed by atoms with van der Waals surface area (Å²) in [4.78, 5) is 7.12. The smallest absolute Gasteiger partial charge is 0.124 e. The monoisotopic (exact) mass is 363 g/mol. The largest absolute Gasteiger partial charge is 0.487 e. The van der Waals surface area contributed by atoms with Gasteiger partial charge in [0.2, 0.25) is 0 Å². The molecule has 0 amide bonds. The van der Waals surface area contributed by atoms with E-state index >= 15 is 0 Å². The van der Waals surface area contributed by atoms with Crippen LogP contribution in [-0.4, -0.2) is 35.1 Å². The fourth-order valence-corrected chi connectivity index (χ4v) is 4.65. The average molecular weight is 364 g/mol. The molecule has 1 aromatic heterocycles. The van der Waals surface area contributed by atoms with Gasteiger partial charge in [-0.3, -0.25) is 4.98 Å². The van der Waals surface area contributed by atoms with Crippen LogP contribution in [0.1, 0.15) is 49.4 Å². The zero-order valence-corrected chi connectivity index (χ0v) is 15.9. The second kappa shape index (κ2) is 7.25. The molecule has 0 bridgehead atoms. The Bertz CT molecular complexity index is 766. The highest BCUT2D eigenvalue weighted by molar-refractivity contribution is 5.39. The van der Waals surface area contributed by atoms with Crippen LogP contribution in [0.25, 0.3) is 0 Å². The van der Waals surface area contributed by atoms with Crippen molar-refractivity contribution in [2.24, 2.45) is 5.92 Å². The van der Waals surface area contributed by atoms with Gasteiger partial charge in [-0.1, -0.05) is 24.3 Å². The Balaban J connectivity index is 1.30. The van der Waals surface area contributed by atoms with E-state index in [0.717, 1.165) is 43.2 Å². The number of nitrogens with zero attached hydrogens (tertiary/aromatic N) is 2. The Morgan fingerprint density at radius 1 is 1.07 bits per heavy atom. The topological polar surface area (TPSA) is 37.4 Å². The molecule has 0 unspecified atom stereocenters. The van der Waals surface area contributed by atoms with Gasteiger partial charge in [-0.05, 0) is 49.8 Å². The number of likely N-dealkylation sites (tertiary alicyclic amines) is 1. The Hall–Kier alpha value is -1.91. The third-order valence-corrected chi connectivity index (χ3v) is 6.43. The number of hydrogen-bond donors (Lipinski definition) is 1. The molecule has 1 saturated heterocycles. The molecule has 142 valence electrons. The highest BCUT2D eigenvalue weighted by Crippen LogP contribution is 2.44. The number of ether oxygens (including phenoxy) is 1. The van der Waals surface area contributed by atoms with Crippen LogP contribution in [0.5, 0.6) is 5.75 Å². The van der Waals surface area contributed by atoms with E-state index in [4.69, 9.17) is 4.74 Å². The number of para-hydroxylation sites is 1. The summed E-state index contributed by atoms with van der Waals surface area (Å²) in [5.41, 5.74) is 2.37. The maximum Gasteiger partial charge on any atom is 0.124 e. The lowest BCUT2D eigenvalue weighted by molar-refractivity contribution is -0.0263. The quantitative estimate of drug-likeness (QED) is 0.873. The first-order valence-corrected chi connectivity index (χ1v) is 10.4. The first-order valence-electron chi connectivity index (χ1n) is 10.4. The molecule has 2 aromatic rings. The maximum absolute atomic E-state index is 6.63. The number of aromatic nitrogens is 1. The van der Waals surface area contributed by atoms with Gasteiger partial charge < -0.3 is 15.0 Å². The molecule has 4 heteroatoms. The summed E-state index contributed by atoms with van der Waals surface area (Å²) < 4.78 is 6.63. The fraction of sp³-hybridized carbons (Fsp3) is 0.522. The molecule has 2 fully saturated rings. The van der Waals surface area contributed by atoms with E-state index in [-0.39, 0.29) is 5.60 Å². The van der Waals surface area contributed by atoms with E-state index in [9.17, 15) is 0 Å². The Labute approximate surface area is 161 Å². The summed E-state index contributed by atoms with van der Waals surface area (Å²) >= 11 is 0. The lowest BCUT2D eigenvalue weighted by Gasteiger charge is -2.47. The van der Waals surface area contributed by atoms with Gasteiger partial charge in [0, 0.05) is 50.4 Å². The first-order chi connectivity index (χ1) is 13.3. The molecule has 5 rings (SSSR count). The summed E-state index contributed by atoms with van der Waals surface area (Å²) in [5.74, 6) is 2.04. The molecule has 2 aliphatic heterocycles. The number of fused-ring (bicyclic) bond motifs is 1. The number of rotatable bonds is 5. The molecule has 1 N–H and O–H groups in total. The maximum atomic E-state index is 6.63. The third kappa shape index (κ3) is 3.87. The molecule has 1 saturated carbocycles. The molecule has 1 spiro atoms. The Morgan fingerprint density at radius 2 is 1.89 bits per heavy atom. The molecule has 1 aliphatic carbocycles. The molecular formula is C23H29N3O. The predicted molar refractivity (Wildman–Crippen MR) is 107 cm³/mol. The molecule has 3 aliphatic rings. The van der Waals surface area contributed by atoms with Crippen LogP contribution in [0.4, 0.5) is 0 Å². The van der Waals surface area contributed by atoms with Crippen molar-refractivity contribution in [2.45, 2.75) is 50.3 Å². The summed E-state index contributed by atoms with van der Waals surface area (Å²) in [6.07, 6.45) is 8.06. The number of pyridine rings is 1. The second-order valence-corrected chi connectivity index (χ2v) is 8.53. The third-order valence-electron chi connectivity index (χ3n) is 6.43. The minimum Gasteiger partial charge on any atom is -0.487 e. The molecular weight excluding hydrogens is 334 g/mol. The zero-order valence-electron chi connectivity index (χ0n) is 15.9. The second-order valence-electron chi connectivity index (χ2n) is 8.53. The molecule has 27 heavy (non-hydrogen) atoms. The summed E-state index contributed by atoms with van der Waals surface area (Å²) in [6, 6.07) is 15.0.